The molecule has 3 aromatic rings. The average molecular weight is 381 g/mol. The monoisotopic (exact) mass is 381 g/mol. The van der Waals surface area contributed by atoms with Crippen molar-refractivity contribution in [3.05, 3.63) is 59.5 Å². The number of nitrogens with zero attached hydrogens (tertiary/aromatic N) is 3. The van der Waals surface area contributed by atoms with Crippen molar-refractivity contribution in [2.24, 2.45) is 5.73 Å². The number of primary amides is 1. The second kappa shape index (κ2) is 7.47. The number of aromatic nitrogens is 3. The Bertz CT molecular complexity index is 1000. The second-order valence-electron chi connectivity index (χ2n) is 6.90. The van der Waals surface area contributed by atoms with Crippen LogP contribution in [0.25, 0.3) is 5.65 Å². The van der Waals surface area contributed by atoms with Crippen molar-refractivity contribution in [2.75, 3.05) is 7.11 Å². The Labute approximate surface area is 162 Å². The molecule has 3 atom stereocenters. The molecule has 0 radical (unpaired) electrons. The number of hydrogen-bond acceptors (Lipinski definition) is 5. The van der Waals surface area contributed by atoms with E-state index in [-0.39, 0.29) is 18.2 Å². The number of pyridine rings is 1. The predicted octanol–water partition coefficient (Wildman–Crippen LogP) is 3.06. The van der Waals surface area contributed by atoms with Crippen molar-refractivity contribution in [2.45, 2.75) is 38.0 Å². The number of methoxy groups -OCH3 is 1. The second-order valence-corrected chi connectivity index (χ2v) is 6.90. The summed E-state index contributed by atoms with van der Waals surface area (Å²) in [5.74, 6) is 1.44. The number of amides is 2. The standard InChI is InChI=1S/C20H23N5O3/c1-12(27-2)19-24-23-18-10-7-13(11-25(18)19)28-17-9-8-16(22-20(21)26)14-5-3-4-6-15(14)17/h3-7,10-12,16-17H,8-9H2,1-2H3,(H3,21,22,26)/t12?,16-,17+/m0/s1. The number of nitrogens with one attached hydrogen (secondary N) is 1. The van der Waals surface area contributed by atoms with Crippen LogP contribution in [0.2, 0.25) is 0 Å². The molecule has 0 spiro atoms. The number of carbonyl (C=O) groups excluding carboxylic acids is 1. The third-order valence-corrected chi connectivity index (χ3v) is 5.15. The Morgan fingerprint density at radius 2 is 2.00 bits per heavy atom. The van der Waals surface area contributed by atoms with Gasteiger partial charge in [-0.05, 0) is 43.0 Å². The summed E-state index contributed by atoms with van der Waals surface area (Å²) in [6.07, 6.45) is 3.12. The van der Waals surface area contributed by atoms with Crippen LogP contribution in [0.5, 0.6) is 5.75 Å². The van der Waals surface area contributed by atoms with E-state index in [4.69, 9.17) is 15.2 Å². The predicted molar refractivity (Wildman–Crippen MR) is 103 cm³/mol. The molecule has 1 aliphatic rings. The summed E-state index contributed by atoms with van der Waals surface area (Å²) in [4.78, 5) is 11.3. The fourth-order valence-corrected chi connectivity index (χ4v) is 3.70. The highest BCUT2D eigenvalue weighted by Gasteiger charge is 2.29. The molecule has 2 amide bonds. The summed E-state index contributed by atoms with van der Waals surface area (Å²) in [5, 5.41) is 11.2. The lowest BCUT2D eigenvalue weighted by Gasteiger charge is -2.32. The van der Waals surface area contributed by atoms with Crippen LogP contribution in [-0.4, -0.2) is 27.7 Å². The van der Waals surface area contributed by atoms with Gasteiger partial charge in [-0.15, -0.1) is 10.2 Å². The Morgan fingerprint density at radius 1 is 1.21 bits per heavy atom. The Kier molecular flexibility index (Phi) is 4.87. The molecule has 2 aromatic heterocycles. The van der Waals surface area contributed by atoms with Crippen LogP contribution in [0, 0.1) is 0 Å². The molecular formula is C20H23N5O3. The van der Waals surface area contributed by atoms with Crippen molar-refractivity contribution in [1.82, 2.24) is 19.9 Å². The number of benzene rings is 1. The van der Waals surface area contributed by atoms with Gasteiger partial charge < -0.3 is 20.5 Å². The number of carbonyl (C=O) groups is 1. The Balaban J connectivity index is 1.63. The van der Waals surface area contributed by atoms with E-state index in [0.717, 1.165) is 41.2 Å². The molecule has 1 unspecified atom stereocenters. The van der Waals surface area contributed by atoms with Gasteiger partial charge in [0.15, 0.2) is 11.5 Å². The first-order valence-corrected chi connectivity index (χ1v) is 9.25. The topological polar surface area (TPSA) is 104 Å². The van der Waals surface area contributed by atoms with Crippen molar-refractivity contribution < 1.29 is 14.3 Å². The Morgan fingerprint density at radius 3 is 2.75 bits per heavy atom. The molecule has 28 heavy (non-hydrogen) atoms. The average Bonchev–Trinajstić information content (AvgIpc) is 3.12. The molecule has 8 nitrogen and oxygen atoms in total. The summed E-state index contributed by atoms with van der Waals surface area (Å²) in [7, 11) is 1.64. The highest BCUT2D eigenvalue weighted by Crippen LogP contribution is 2.38. The smallest absolute Gasteiger partial charge is 0.312 e. The van der Waals surface area contributed by atoms with E-state index in [1.54, 1.807) is 7.11 Å². The number of ether oxygens (including phenoxy) is 2. The van der Waals surface area contributed by atoms with Crippen LogP contribution in [0.3, 0.4) is 0 Å². The molecule has 0 saturated carbocycles. The van der Waals surface area contributed by atoms with E-state index in [2.05, 4.69) is 15.5 Å². The zero-order valence-electron chi connectivity index (χ0n) is 15.8. The van der Waals surface area contributed by atoms with E-state index in [0.29, 0.717) is 0 Å². The van der Waals surface area contributed by atoms with Crippen molar-refractivity contribution in [3.8, 4) is 5.75 Å². The molecule has 4 rings (SSSR count). The highest BCUT2D eigenvalue weighted by molar-refractivity contribution is 5.72. The van der Waals surface area contributed by atoms with E-state index in [1.165, 1.54) is 0 Å². The lowest BCUT2D eigenvalue weighted by atomic mass is 9.85. The number of nitrogens with two attached hydrogens (primary N) is 1. The Hall–Kier alpha value is -3.13. The summed E-state index contributed by atoms with van der Waals surface area (Å²) in [5.41, 5.74) is 8.16. The van der Waals surface area contributed by atoms with Crippen LogP contribution < -0.4 is 15.8 Å². The van der Waals surface area contributed by atoms with E-state index >= 15 is 0 Å². The minimum absolute atomic E-state index is 0.0944. The summed E-state index contributed by atoms with van der Waals surface area (Å²) < 4.78 is 13.6. The minimum Gasteiger partial charge on any atom is -0.484 e. The number of hydrogen-bond donors (Lipinski definition) is 2. The van der Waals surface area contributed by atoms with Gasteiger partial charge >= 0.3 is 6.03 Å². The fraction of sp³-hybridized carbons (Fsp3) is 0.350. The fourth-order valence-electron chi connectivity index (χ4n) is 3.70. The number of rotatable bonds is 5. The van der Waals surface area contributed by atoms with Crippen LogP contribution in [0.4, 0.5) is 4.79 Å². The molecule has 0 bridgehead atoms. The largest absolute Gasteiger partial charge is 0.484 e. The normalized spacial score (nSPS) is 19.8. The molecule has 0 saturated heterocycles. The van der Waals surface area contributed by atoms with Crippen LogP contribution in [-0.2, 0) is 4.74 Å². The van der Waals surface area contributed by atoms with Crippen molar-refractivity contribution in [3.63, 3.8) is 0 Å². The first kappa shape index (κ1) is 18.2. The minimum atomic E-state index is -0.517. The van der Waals surface area contributed by atoms with Gasteiger partial charge in [0.25, 0.3) is 0 Å². The summed E-state index contributed by atoms with van der Waals surface area (Å²) in [6, 6.07) is 11.1. The maximum Gasteiger partial charge on any atom is 0.312 e. The van der Waals surface area contributed by atoms with Gasteiger partial charge in [0.05, 0.1) is 12.2 Å². The molecule has 3 N–H and O–H groups in total. The van der Waals surface area contributed by atoms with Crippen molar-refractivity contribution in [1.29, 1.82) is 0 Å². The van der Waals surface area contributed by atoms with E-state index < -0.39 is 6.03 Å². The first-order valence-electron chi connectivity index (χ1n) is 9.25. The van der Waals surface area contributed by atoms with Gasteiger partial charge in [0.2, 0.25) is 0 Å². The highest BCUT2D eigenvalue weighted by atomic mass is 16.5. The van der Waals surface area contributed by atoms with Crippen LogP contribution in [0.1, 0.15) is 55.0 Å². The number of fused-ring (bicyclic) bond motifs is 2. The van der Waals surface area contributed by atoms with Gasteiger partial charge in [0, 0.05) is 7.11 Å². The third-order valence-electron chi connectivity index (χ3n) is 5.15. The van der Waals surface area contributed by atoms with Gasteiger partial charge in [0.1, 0.15) is 18.0 Å². The zero-order chi connectivity index (χ0) is 19.7. The maximum atomic E-state index is 11.3. The zero-order valence-corrected chi connectivity index (χ0v) is 15.8. The molecule has 2 heterocycles. The quantitative estimate of drug-likeness (QED) is 0.707. The number of urea groups is 1. The van der Waals surface area contributed by atoms with Gasteiger partial charge in [-0.2, -0.15) is 0 Å². The van der Waals surface area contributed by atoms with E-state index in [1.807, 2.05) is 53.9 Å². The van der Waals surface area contributed by atoms with Gasteiger partial charge in [-0.25, -0.2) is 4.79 Å². The molecule has 0 aliphatic heterocycles. The summed E-state index contributed by atoms with van der Waals surface area (Å²) in [6.45, 7) is 1.92. The van der Waals surface area contributed by atoms with Crippen molar-refractivity contribution >= 4 is 11.7 Å². The first-order chi connectivity index (χ1) is 13.6. The van der Waals surface area contributed by atoms with E-state index in [9.17, 15) is 4.79 Å². The molecular weight excluding hydrogens is 358 g/mol. The van der Waals surface area contributed by atoms with Gasteiger partial charge in [-0.3, -0.25) is 4.40 Å². The van der Waals surface area contributed by atoms with Crippen LogP contribution in [0.15, 0.2) is 42.6 Å². The molecule has 1 aliphatic carbocycles. The molecule has 1 aromatic carbocycles. The van der Waals surface area contributed by atoms with Gasteiger partial charge in [-0.1, -0.05) is 24.3 Å². The summed E-state index contributed by atoms with van der Waals surface area (Å²) >= 11 is 0. The SMILES string of the molecule is COC(C)c1nnc2ccc(O[C@@H]3CC[C@H](NC(N)=O)c4ccccc43)cn12. The molecule has 8 heteroatoms. The molecule has 0 fully saturated rings. The molecule has 146 valence electrons. The maximum absolute atomic E-state index is 11.3. The lowest BCUT2D eigenvalue weighted by molar-refractivity contribution is 0.111. The third kappa shape index (κ3) is 3.38. The lowest BCUT2D eigenvalue weighted by Crippen LogP contribution is -2.36. The van der Waals surface area contributed by atoms with Crippen LogP contribution >= 0.6 is 0 Å².